The van der Waals surface area contributed by atoms with E-state index in [0.717, 1.165) is 33.8 Å². The Morgan fingerprint density at radius 3 is 2.42 bits per heavy atom. The molecule has 2 aromatic carbocycles. The molecule has 6 atom stereocenters. The van der Waals surface area contributed by atoms with E-state index >= 15 is 0 Å². The van der Waals surface area contributed by atoms with Gasteiger partial charge in [0.15, 0.2) is 0 Å². The van der Waals surface area contributed by atoms with Crippen molar-refractivity contribution in [3.05, 3.63) is 120 Å². The number of hydrogen-bond acceptors (Lipinski definition) is 10. The van der Waals surface area contributed by atoms with Crippen molar-refractivity contribution in [2.75, 3.05) is 19.7 Å². The second-order valence-electron chi connectivity index (χ2n) is 16.2. The fourth-order valence-electron chi connectivity index (χ4n) is 7.66. The third-order valence-corrected chi connectivity index (χ3v) is 11.1. The van der Waals surface area contributed by atoms with Crippen LogP contribution in [0.2, 0.25) is 0 Å². The van der Waals surface area contributed by atoms with Gasteiger partial charge < -0.3 is 30.1 Å². The lowest BCUT2D eigenvalue weighted by atomic mass is 9.83. The molecule has 4 aromatic rings. The number of nitrogens with zero attached hydrogens (tertiary/aromatic N) is 4. The molecule has 2 aliphatic rings. The van der Waals surface area contributed by atoms with Crippen LogP contribution in [-0.4, -0.2) is 93.0 Å². The largest absolute Gasteiger partial charge is 0.462 e. The predicted molar refractivity (Wildman–Crippen MR) is 221 cm³/mol. The van der Waals surface area contributed by atoms with Crippen molar-refractivity contribution in [3.63, 3.8) is 0 Å². The number of cyclic esters (lactones) is 1. The lowest BCUT2D eigenvalue weighted by Crippen LogP contribution is -2.56. The Kier molecular flexibility index (Phi) is 14.0. The van der Waals surface area contributed by atoms with Crippen LogP contribution in [0.4, 0.5) is 9.59 Å². The number of esters is 1. The monoisotopic (exact) mass is 805 g/mol. The number of nitrogens with one attached hydrogen (secondary N) is 3. The number of ether oxygens (including phenoxy) is 2. The lowest BCUT2D eigenvalue weighted by Gasteiger charge is -2.35. The fourth-order valence-corrected chi connectivity index (χ4v) is 7.66. The van der Waals surface area contributed by atoms with Gasteiger partial charge in [-0.05, 0) is 54.7 Å². The Balaban J connectivity index is 1.25. The van der Waals surface area contributed by atoms with Gasteiger partial charge >= 0.3 is 18.1 Å². The normalized spacial score (nSPS) is 19.3. The average molecular weight is 806 g/mol. The summed E-state index contributed by atoms with van der Waals surface area (Å²) in [4.78, 5) is 64.5. The molecule has 2 aromatic heterocycles. The molecule has 0 radical (unpaired) electrons. The van der Waals surface area contributed by atoms with Gasteiger partial charge in [-0.1, -0.05) is 101 Å². The Labute approximate surface area is 345 Å². The molecule has 59 heavy (non-hydrogen) atoms. The third kappa shape index (κ3) is 11.0. The number of benzene rings is 2. The molecule has 4 heterocycles. The molecule has 312 valence electrons. The molecule has 2 aliphatic heterocycles. The van der Waals surface area contributed by atoms with E-state index in [2.05, 4.69) is 26.0 Å². The summed E-state index contributed by atoms with van der Waals surface area (Å²) in [5.74, 6) is -1.67. The lowest BCUT2D eigenvalue weighted by molar-refractivity contribution is -0.145. The molecule has 1 unspecified atom stereocenters. The van der Waals surface area contributed by atoms with Crippen LogP contribution in [0.3, 0.4) is 0 Å². The Morgan fingerprint density at radius 1 is 1.02 bits per heavy atom. The maximum absolute atomic E-state index is 14.6. The van der Waals surface area contributed by atoms with E-state index in [9.17, 15) is 24.3 Å². The molecule has 4 N–H and O–H groups in total. The van der Waals surface area contributed by atoms with Crippen LogP contribution in [0.5, 0.6) is 0 Å². The molecule has 14 heteroatoms. The van der Waals surface area contributed by atoms with Crippen molar-refractivity contribution in [2.45, 2.75) is 84.8 Å². The van der Waals surface area contributed by atoms with E-state index in [1.807, 2.05) is 112 Å². The molecule has 14 nitrogen and oxygen atoms in total. The minimum atomic E-state index is -1.21. The van der Waals surface area contributed by atoms with Gasteiger partial charge in [0.1, 0.15) is 6.61 Å². The molecule has 0 aliphatic carbocycles. The summed E-state index contributed by atoms with van der Waals surface area (Å²) in [5, 5.41) is 19.8. The van der Waals surface area contributed by atoms with Crippen LogP contribution in [0.1, 0.15) is 56.6 Å². The number of carbonyl (C=O) groups is 4. The molecule has 6 rings (SSSR count). The van der Waals surface area contributed by atoms with Crippen molar-refractivity contribution < 1.29 is 33.8 Å². The van der Waals surface area contributed by atoms with Crippen LogP contribution in [0.25, 0.3) is 11.3 Å². The maximum atomic E-state index is 14.6. The van der Waals surface area contributed by atoms with Crippen molar-refractivity contribution >= 4 is 24.0 Å². The highest BCUT2D eigenvalue weighted by Gasteiger charge is 2.47. The number of pyridine rings is 2. The smallest absolute Gasteiger partial charge is 0.422 e. The summed E-state index contributed by atoms with van der Waals surface area (Å²) in [7, 11) is 0. The molecular weight excluding hydrogens is 751 g/mol. The minimum absolute atomic E-state index is 0.110. The third-order valence-electron chi connectivity index (χ3n) is 11.1. The summed E-state index contributed by atoms with van der Waals surface area (Å²) < 4.78 is 10.8. The zero-order valence-electron chi connectivity index (χ0n) is 34.3. The number of rotatable bonds is 17. The summed E-state index contributed by atoms with van der Waals surface area (Å²) in [6.07, 6.45) is -0.542. The predicted octanol–water partition coefficient (Wildman–Crippen LogP) is 5.19. The molecule has 2 fully saturated rings. The number of hydrogen-bond donors (Lipinski definition) is 4. The Hall–Kier alpha value is -5.86. The zero-order valence-corrected chi connectivity index (χ0v) is 34.3. The second-order valence-corrected chi connectivity index (χ2v) is 16.2. The van der Waals surface area contributed by atoms with Crippen LogP contribution >= 0.6 is 0 Å². The molecule has 2 saturated heterocycles. The van der Waals surface area contributed by atoms with Gasteiger partial charge in [0.05, 0.1) is 42.0 Å². The van der Waals surface area contributed by atoms with Crippen molar-refractivity contribution in [1.29, 1.82) is 0 Å². The number of aliphatic hydroxyl groups is 1. The van der Waals surface area contributed by atoms with E-state index in [0.29, 0.717) is 6.42 Å². The van der Waals surface area contributed by atoms with Crippen LogP contribution in [0.15, 0.2) is 97.2 Å². The van der Waals surface area contributed by atoms with E-state index in [1.54, 1.807) is 24.9 Å². The topological polar surface area (TPSA) is 175 Å². The van der Waals surface area contributed by atoms with Crippen molar-refractivity contribution in [1.82, 2.24) is 35.9 Å². The van der Waals surface area contributed by atoms with Crippen LogP contribution < -0.4 is 16.1 Å². The first kappa shape index (κ1) is 42.7. The van der Waals surface area contributed by atoms with Gasteiger partial charge in [0.2, 0.25) is 12.0 Å². The first-order valence-corrected chi connectivity index (χ1v) is 20.2. The van der Waals surface area contributed by atoms with Crippen molar-refractivity contribution in [2.24, 2.45) is 17.3 Å². The molecule has 4 amide bonds. The number of aromatic nitrogens is 2. The van der Waals surface area contributed by atoms with Crippen LogP contribution in [0, 0.1) is 24.2 Å². The summed E-state index contributed by atoms with van der Waals surface area (Å²) in [6, 6.07) is 27.0. The number of aryl methyl sites for hydroxylation is 1. The minimum Gasteiger partial charge on any atom is -0.462 e. The summed E-state index contributed by atoms with van der Waals surface area (Å²) in [6.45, 7) is 10.1. The highest BCUT2D eigenvalue weighted by Crippen LogP contribution is 2.31. The molecular formula is C45H55N7O7. The van der Waals surface area contributed by atoms with E-state index in [-0.39, 0.29) is 57.1 Å². The van der Waals surface area contributed by atoms with Gasteiger partial charge in [-0.15, -0.1) is 0 Å². The summed E-state index contributed by atoms with van der Waals surface area (Å²) >= 11 is 0. The fraction of sp³-hybridized carbons (Fsp3) is 0.422. The molecule has 0 bridgehead atoms. The number of aliphatic hydroxyl groups excluding tert-OH is 1. The number of carbonyl (C=O) groups excluding carboxylic acids is 4. The molecule has 0 saturated carbocycles. The van der Waals surface area contributed by atoms with Gasteiger partial charge in [0.25, 0.3) is 0 Å². The average Bonchev–Trinajstić information content (AvgIpc) is 3.70. The van der Waals surface area contributed by atoms with Crippen molar-refractivity contribution in [3.8, 4) is 11.3 Å². The second kappa shape index (κ2) is 19.3. The number of hydrazine groups is 1. The van der Waals surface area contributed by atoms with Gasteiger partial charge in [-0.2, -0.15) is 0 Å². The SMILES string of the molecule is CC[C@H](C)[C@H](C(=O)N[C@@H](Cc1ccccc1)[C@@H](O)CN(Cc1ccc(-c2ccccn2)cc1)NC(=O)O[C@H]1C(=O)OCC1(C)C)C1CNC(=O)N1Cc1cccc(C)n1. The van der Waals surface area contributed by atoms with Crippen LogP contribution in [-0.2, 0) is 38.6 Å². The van der Waals surface area contributed by atoms with E-state index in [4.69, 9.17) is 9.47 Å². The highest BCUT2D eigenvalue weighted by molar-refractivity contribution is 5.83. The first-order valence-electron chi connectivity index (χ1n) is 20.2. The summed E-state index contributed by atoms with van der Waals surface area (Å²) in [5.41, 5.74) is 6.97. The Morgan fingerprint density at radius 2 is 1.76 bits per heavy atom. The number of amides is 4. The van der Waals surface area contributed by atoms with Gasteiger partial charge in [-0.3, -0.25) is 20.2 Å². The molecule has 0 spiro atoms. The number of urea groups is 1. The highest BCUT2D eigenvalue weighted by atomic mass is 16.6. The first-order chi connectivity index (χ1) is 28.3. The zero-order chi connectivity index (χ0) is 42.1. The van der Waals surface area contributed by atoms with Gasteiger partial charge in [-0.25, -0.2) is 19.4 Å². The standard InChI is InChI=1S/C45H55N7O7/c1-6-29(2)39(37-24-47-43(56)52(37)26-34-16-12-13-30(3)48-34)41(54)49-36(23-31-14-8-7-9-15-31)38(53)27-51(50-44(57)59-40-42(55)58-28-45(40,4)5)25-32-18-20-33(21-19-32)35-17-10-11-22-46-35/h7-22,29,36-40,53H,6,23-28H2,1-5H3,(H,47,56)(H,49,54)(H,50,57)/t29-,36-,37?,38-,39-,40-/m0/s1. The quantitative estimate of drug-likeness (QED) is 0.0822. The van der Waals surface area contributed by atoms with E-state index in [1.165, 1.54) is 5.01 Å². The maximum Gasteiger partial charge on any atom is 0.422 e. The van der Waals surface area contributed by atoms with Gasteiger partial charge in [0, 0.05) is 42.5 Å². The van der Waals surface area contributed by atoms with E-state index < -0.39 is 47.7 Å². The Bertz CT molecular complexity index is 2050.